The van der Waals surface area contributed by atoms with Crippen molar-refractivity contribution < 1.29 is 31.5 Å². The Balaban J connectivity index is 1.52. The van der Waals surface area contributed by atoms with Crippen LogP contribution in [-0.2, 0) is 10.9 Å². The maximum Gasteiger partial charge on any atom is 0.416 e. The molecule has 2 aromatic heterocycles. The van der Waals surface area contributed by atoms with Crippen LogP contribution in [-0.4, -0.2) is 44.8 Å². The van der Waals surface area contributed by atoms with Gasteiger partial charge in [0.25, 0.3) is 0 Å². The molecule has 13 heteroatoms. The lowest BCUT2D eigenvalue weighted by atomic mass is 10.1. The van der Waals surface area contributed by atoms with E-state index >= 15 is 0 Å². The zero-order valence-electron chi connectivity index (χ0n) is 18.4. The molecule has 1 aliphatic heterocycles. The Morgan fingerprint density at radius 2 is 1.83 bits per heavy atom. The van der Waals surface area contributed by atoms with Crippen molar-refractivity contribution in [1.29, 1.82) is 0 Å². The van der Waals surface area contributed by atoms with Crippen molar-refractivity contribution in [1.82, 2.24) is 19.9 Å². The van der Waals surface area contributed by atoms with Crippen molar-refractivity contribution in [3.8, 4) is 11.1 Å². The van der Waals surface area contributed by atoms with Crippen molar-refractivity contribution >= 4 is 17.9 Å². The van der Waals surface area contributed by atoms with E-state index in [1.807, 2.05) is 0 Å². The number of benzene rings is 1. The number of rotatable bonds is 6. The number of aromatic nitrogens is 4. The summed E-state index contributed by atoms with van der Waals surface area (Å²) in [6, 6.07) is 3.14. The molecule has 1 amide bonds. The number of amides is 1. The average Bonchev–Trinajstić information content (AvgIpc) is 3.21. The molecule has 3 atom stereocenters. The number of alkyl halides is 4. The van der Waals surface area contributed by atoms with Gasteiger partial charge in [-0.05, 0) is 31.5 Å². The molecule has 0 aliphatic carbocycles. The Labute approximate surface area is 196 Å². The molecule has 0 spiro atoms. The van der Waals surface area contributed by atoms with Gasteiger partial charge in [-0.15, -0.1) is 0 Å². The number of cyclic esters (lactones) is 1. The summed E-state index contributed by atoms with van der Waals surface area (Å²) in [6.45, 7) is 2.63. The lowest BCUT2D eigenvalue weighted by Crippen LogP contribution is -2.40. The molecule has 0 radical (unpaired) electrons. The highest BCUT2D eigenvalue weighted by molar-refractivity contribution is 5.89. The Morgan fingerprint density at radius 1 is 1.11 bits per heavy atom. The lowest BCUT2D eigenvalue weighted by molar-refractivity contribution is -0.137. The van der Waals surface area contributed by atoms with Gasteiger partial charge in [-0.2, -0.15) is 18.2 Å². The normalized spacial score (nSPS) is 17.7. The van der Waals surface area contributed by atoms with Crippen molar-refractivity contribution in [3.05, 3.63) is 60.1 Å². The predicted molar refractivity (Wildman–Crippen MR) is 115 cm³/mol. The van der Waals surface area contributed by atoms with Gasteiger partial charge in [0.05, 0.1) is 17.8 Å². The van der Waals surface area contributed by atoms with Gasteiger partial charge in [0, 0.05) is 18.0 Å². The van der Waals surface area contributed by atoms with E-state index in [1.54, 1.807) is 6.92 Å². The maximum atomic E-state index is 14.4. The summed E-state index contributed by atoms with van der Waals surface area (Å²) in [4.78, 5) is 29.0. The molecule has 1 fully saturated rings. The molecule has 1 aromatic carbocycles. The van der Waals surface area contributed by atoms with Crippen molar-refractivity contribution in [2.75, 3.05) is 16.8 Å². The van der Waals surface area contributed by atoms with Crippen LogP contribution in [0.5, 0.6) is 0 Å². The SMILES string of the molecule is C[C@H](Nc1ncc(F)c(N2C(=O)OCC2[C@H](C)F)n1)c1ncc(-c2cccc(C(F)(F)F)c2)cn1. The van der Waals surface area contributed by atoms with Crippen molar-refractivity contribution in [3.63, 3.8) is 0 Å². The van der Waals surface area contributed by atoms with Gasteiger partial charge in [-0.3, -0.25) is 0 Å². The molecule has 1 N–H and O–H groups in total. The highest BCUT2D eigenvalue weighted by Gasteiger charge is 2.40. The minimum Gasteiger partial charge on any atom is -0.447 e. The number of hydrogen-bond acceptors (Lipinski definition) is 7. The summed E-state index contributed by atoms with van der Waals surface area (Å²) in [5.74, 6) is -1.20. The number of hydrogen-bond donors (Lipinski definition) is 1. The number of anilines is 2. The summed E-state index contributed by atoms with van der Waals surface area (Å²) >= 11 is 0. The highest BCUT2D eigenvalue weighted by atomic mass is 19.4. The molecule has 0 saturated carbocycles. The van der Waals surface area contributed by atoms with Gasteiger partial charge in [0.1, 0.15) is 24.6 Å². The number of nitrogens with one attached hydrogen (secondary N) is 1. The van der Waals surface area contributed by atoms with Gasteiger partial charge in [0.15, 0.2) is 11.6 Å². The molecule has 0 bridgehead atoms. The molecule has 4 rings (SSSR count). The van der Waals surface area contributed by atoms with Crippen LogP contribution in [0.3, 0.4) is 0 Å². The van der Waals surface area contributed by atoms with Crippen LogP contribution in [0.15, 0.2) is 42.9 Å². The molecule has 3 heterocycles. The molecule has 1 unspecified atom stereocenters. The maximum absolute atomic E-state index is 14.4. The predicted octanol–water partition coefficient (Wildman–Crippen LogP) is 4.95. The second kappa shape index (κ2) is 9.39. The summed E-state index contributed by atoms with van der Waals surface area (Å²) in [5, 5.41) is 2.86. The minimum absolute atomic E-state index is 0.0792. The van der Waals surface area contributed by atoms with Crippen LogP contribution in [0, 0.1) is 5.82 Å². The first-order chi connectivity index (χ1) is 16.5. The quantitative estimate of drug-likeness (QED) is 0.485. The number of ether oxygens (including phenoxy) is 1. The Kier molecular flexibility index (Phi) is 6.50. The topological polar surface area (TPSA) is 93.1 Å². The van der Waals surface area contributed by atoms with Crippen LogP contribution in [0.25, 0.3) is 11.1 Å². The first-order valence-electron chi connectivity index (χ1n) is 10.4. The van der Waals surface area contributed by atoms with Gasteiger partial charge in [-0.1, -0.05) is 12.1 Å². The second-order valence-electron chi connectivity index (χ2n) is 7.83. The average molecular weight is 494 g/mol. The Morgan fingerprint density at radius 3 is 2.49 bits per heavy atom. The molecule has 184 valence electrons. The van der Waals surface area contributed by atoms with Crippen LogP contribution >= 0.6 is 0 Å². The summed E-state index contributed by atoms with van der Waals surface area (Å²) < 4.78 is 72.0. The van der Waals surface area contributed by atoms with Gasteiger partial charge >= 0.3 is 12.3 Å². The largest absolute Gasteiger partial charge is 0.447 e. The third-order valence-corrected chi connectivity index (χ3v) is 5.32. The summed E-state index contributed by atoms with van der Waals surface area (Å²) in [7, 11) is 0. The van der Waals surface area contributed by atoms with Gasteiger partial charge in [0.2, 0.25) is 5.95 Å². The monoisotopic (exact) mass is 494 g/mol. The van der Waals surface area contributed by atoms with Crippen LogP contribution < -0.4 is 10.2 Å². The molecule has 1 aliphatic rings. The summed E-state index contributed by atoms with van der Waals surface area (Å²) in [6.07, 6.45) is -3.31. The molecular formula is C22H19F5N6O2. The Bertz CT molecular complexity index is 1220. The zero-order chi connectivity index (χ0) is 25.3. The third kappa shape index (κ3) is 5.12. The number of carbonyl (C=O) groups is 1. The smallest absolute Gasteiger partial charge is 0.416 e. The fourth-order valence-corrected chi connectivity index (χ4v) is 3.46. The van der Waals surface area contributed by atoms with Crippen molar-refractivity contribution in [2.24, 2.45) is 0 Å². The standard InChI is InChI=1S/C22H19F5N6O2/c1-11(23)17-10-35-21(34)33(17)19-16(24)9-30-20(32-19)31-12(2)18-28-7-14(8-29-18)13-4-3-5-15(6-13)22(25,26)27/h3-9,11-12,17H,10H2,1-2H3,(H,30,31,32)/t11-,12-,17?/m0/s1. The van der Waals surface area contributed by atoms with E-state index in [2.05, 4.69) is 25.3 Å². The third-order valence-electron chi connectivity index (χ3n) is 5.32. The molecular weight excluding hydrogens is 475 g/mol. The zero-order valence-corrected chi connectivity index (χ0v) is 18.4. The molecule has 8 nitrogen and oxygen atoms in total. The van der Waals surface area contributed by atoms with E-state index < -0.39 is 47.7 Å². The van der Waals surface area contributed by atoms with Gasteiger partial charge in [-0.25, -0.2) is 33.4 Å². The Hall–Kier alpha value is -3.90. The number of nitrogens with zero attached hydrogens (tertiary/aromatic N) is 5. The second-order valence-corrected chi connectivity index (χ2v) is 7.83. The number of carbonyl (C=O) groups excluding carboxylic acids is 1. The highest BCUT2D eigenvalue weighted by Crippen LogP contribution is 2.32. The number of halogens is 5. The summed E-state index contributed by atoms with van der Waals surface area (Å²) in [5.41, 5.74) is -0.108. The molecule has 3 aromatic rings. The van der Waals surface area contributed by atoms with E-state index in [0.29, 0.717) is 11.1 Å². The van der Waals surface area contributed by atoms with E-state index in [0.717, 1.165) is 23.2 Å². The minimum atomic E-state index is -4.47. The van der Waals surface area contributed by atoms with Crippen LogP contribution in [0.1, 0.15) is 31.3 Å². The van der Waals surface area contributed by atoms with Crippen molar-refractivity contribution in [2.45, 2.75) is 38.3 Å². The molecule has 1 saturated heterocycles. The van der Waals surface area contributed by atoms with Crippen LogP contribution in [0.4, 0.5) is 38.5 Å². The van der Waals surface area contributed by atoms with E-state index in [1.165, 1.54) is 31.5 Å². The van der Waals surface area contributed by atoms with E-state index in [-0.39, 0.29) is 18.4 Å². The fourth-order valence-electron chi connectivity index (χ4n) is 3.46. The lowest BCUT2D eigenvalue weighted by Gasteiger charge is -2.22. The first-order valence-corrected chi connectivity index (χ1v) is 10.4. The first kappa shape index (κ1) is 24.2. The van der Waals surface area contributed by atoms with E-state index in [9.17, 15) is 26.7 Å². The molecule has 35 heavy (non-hydrogen) atoms. The van der Waals surface area contributed by atoms with E-state index in [4.69, 9.17) is 4.74 Å². The van der Waals surface area contributed by atoms with Crippen LogP contribution in [0.2, 0.25) is 0 Å². The van der Waals surface area contributed by atoms with Gasteiger partial charge < -0.3 is 10.1 Å². The fraction of sp³-hybridized carbons (Fsp3) is 0.318.